The highest BCUT2D eigenvalue weighted by molar-refractivity contribution is 5.97. The van der Waals surface area contributed by atoms with Gasteiger partial charge < -0.3 is 20.7 Å². The van der Waals surface area contributed by atoms with Crippen molar-refractivity contribution in [2.75, 3.05) is 18.4 Å². The number of piperidine rings is 1. The van der Waals surface area contributed by atoms with Crippen LogP contribution in [-0.2, 0) is 14.3 Å². The van der Waals surface area contributed by atoms with Gasteiger partial charge >= 0.3 is 12.0 Å². The number of hydrogen-bond donors (Lipinski definition) is 2. The Labute approximate surface area is 151 Å². The number of carbonyl (C=O) groups is 4. The fourth-order valence-electron chi connectivity index (χ4n) is 2.69. The van der Waals surface area contributed by atoms with E-state index in [9.17, 15) is 19.2 Å². The summed E-state index contributed by atoms with van der Waals surface area (Å²) in [7, 11) is 0. The first-order chi connectivity index (χ1) is 12.3. The van der Waals surface area contributed by atoms with Gasteiger partial charge in [-0.05, 0) is 51.0 Å². The van der Waals surface area contributed by atoms with Crippen LogP contribution in [0.25, 0.3) is 0 Å². The van der Waals surface area contributed by atoms with Crippen molar-refractivity contribution < 1.29 is 23.9 Å². The molecule has 1 heterocycles. The number of anilines is 1. The van der Waals surface area contributed by atoms with E-state index in [4.69, 9.17) is 10.5 Å². The molecule has 1 aromatic carbocycles. The van der Waals surface area contributed by atoms with Gasteiger partial charge in [-0.25, -0.2) is 4.79 Å². The molecule has 140 valence electrons. The largest absolute Gasteiger partial charge is 0.452 e. The van der Waals surface area contributed by atoms with Gasteiger partial charge in [0.15, 0.2) is 11.9 Å². The first-order valence-electron chi connectivity index (χ1n) is 8.44. The van der Waals surface area contributed by atoms with Gasteiger partial charge in [0.25, 0.3) is 5.91 Å². The number of carbonyl (C=O) groups excluding carboxylic acids is 4. The lowest BCUT2D eigenvalue weighted by atomic mass is 9.97. The molecule has 26 heavy (non-hydrogen) atoms. The molecular weight excluding hydrogens is 338 g/mol. The molecule has 8 heteroatoms. The summed E-state index contributed by atoms with van der Waals surface area (Å²) in [5.41, 5.74) is 6.27. The quantitative estimate of drug-likeness (QED) is 0.609. The van der Waals surface area contributed by atoms with Crippen molar-refractivity contribution >= 4 is 29.4 Å². The van der Waals surface area contributed by atoms with E-state index in [-0.39, 0.29) is 11.7 Å². The lowest BCUT2D eigenvalue weighted by molar-refractivity contribution is -0.158. The lowest BCUT2D eigenvalue weighted by Gasteiger charge is -2.30. The second-order valence-corrected chi connectivity index (χ2v) is 6.30. The van der Waals surface area contributed by atoms with Crippen LogP contribution in [0.3, 0.4) is 0 Å². The number of ether oxygens (including phenoxy) is 1. The molecule has 1 aromatic rings. The number of nitrogens with two attached hydrogens (primary N) is 1. The topological polar surface area (TPSA) is 119 Å². The summed E-state index contributed by atoms with van der Waals surface area (Å²) in [5.74, 6) is -1.32. The molecule has 1 fully saturated rings. The Balaban J connectivity index is 1.83. The summed E-state index contributed by atoms with van der Waals surface area (Å²) in [6.07, 6.45) is -0.0326. The van der Waals surface area contributed by atoms with Crippen molar-refractivity contribution in [1.82, 2.24) is 4.90 Å². The van der Waals surface area contributed by atoms with Gasteiger partial charge in [0.1, 0.15) is 0 Å². The van der Waals surface area contributed by atoms with Gasteiger partial charge in [-0.15, -0.1) is 0 Å². The van der Waals surface area contributed by atoms with E-state index in [0.717, 1.165) is 0 Å². The summed E-state index contributed by atoms with van der Waals surface area (Å²) in [6, 6.07) is 5.95. The zero-order valence-corrected chi connectivity index (χ0v) is 14.9. The maximum absolute atomic E-state index is 12.2. The van der Waals surface area contributed by atoms with Crippen molar-refractivity contribution in [3.05, 3.63) is 29.8 Å². The molecule has 1 aliphatic heterocycles. The summed E-state index contributed by atoms with van der Waals surface area (Å²) in [5, 5.41) is 2.64. The molecular formula is C18H23N3O5. The Bertz CT molecular complexity index is 693. The highest BCUT2D eigenvalue weighted by Gasteiger charge is 2.29. The number of amides is 3. The minimum atomic E-state index is -0.954. The van der Waals surface area contributed by atoms with Crippen LogP contribution < -0.4 is 11.1 Å². The molecule has 0 radical (unpaired) electrons. The normalized spacial score (nSPS) is 15.8. The number of esters is 1. The Kier molecular flexibility index (Phi) is 6.32. The number of hydrogen-bond acceptors (Lipinski definition) is 5. The van der Waals surface area contributed by atoms with Crippen LogP contribution in [0.4, 0.5) is 10.5 Å². The van der Waals surface area contributed by atoms with Gasteiger partial charge in [-0.2, -0.15) is 0 Å². The number of rotatable bonds is 5. The maximum Gasteiger partial charge on any atom is 0.314 e. The predicted molar refractivity (Wildman–Crippen MR) is 94.5 cm³/mol. The number of ketones is 1. The molecule has 2 rings (SSSR count). The monoisotopic (exact) mass is 361 g/mol. The fourth-order valence-corrected chi connectivity index (χ4v) is 2.69. The van der Waals surface area contributed by atoms with Crippen LogP contribution in [0, 0.1) is 5.92 Å². The third-order valence-corrected chi connectivity index (χ3v) is 4.36. The first-order valence-corrected chi connectivity index (χ1v) is 8.44. The zero-order chi connectivity index (χ0) is 19.3. The number of benzene rings is 1. The molecule has 0 saturated carbocycles. The molecule has 1 saturated heterocycles. The summed E-state index contributed by atoms with van der Waals surface area (Å²) in [4.78, 5) is 48.2. The van der Waals surface area contributed by atoms with E-state index < -0.39 is 24.0 Å². The molecule has 1 unspecified atom stereocenters. The van der Waals surface area contributed by atoms with Gasteiger partial charge in [0.2, 0.25) is 0 Å². The lowest BCUT2D eigenvalue weighted by Crippen LogP contribution is -2.44. The number of nitrogens with zero attached hydrogens (tertiary/aromatic N) is 1. The van der Waals surface area contributed by atoms with Crippen LogP contribution in [0.15, 0.2) is 24.3 Å². The molecule has 0 aliphatic carbocycles. The third-order valence-electron chi connectivity index (χ3n) is 4.36. The minimum absolute atomic E-state index is 0.0624. The average Bonchev–Trinajstić information content (AvgIpc) is 2.62. The fraction of sp³-hybridized carbons (Fsp3) is 0.444. The van der Waals surface area contributed by atoms with E-state index in [0.29, 0.717) is 37.2 Å². The number of primary amides is 1. The van der Waals surface area contributed by atoms with Crippen LogP contribution in [-0.4, -0.2) is 47.8 Å². The van der Waals surface area contributed by atoms with Crippen LogP contribution in [0.5, 0.6) is 0 Å². The van der Waals surface area contributed by atoms with Gasteiger partial charge in [0, 0.05) is 24.3 Å². The third kappa shape index (κ3) is 5.05. The van der Waals surface area contributed by atoms with Gasteiger partial charge in [-0.1, -0.05) is 0 Å². The number of Topliss-reactive ketones (excluding diaryl/α,β-unsaturated/α-hetero) is 1. The predicted octanol–water partition coefficient (Wildman–Crippen LogP) is 1.55. The van der Waals surface area contributed by atoms with Gasteiger partial charge in [-0.3, -0.25) is 14.4 Å². The van der Waals surface area contributed by atoms with E-state index in [1.54, 1.807) is 24.3 Å². The molecule has 8 nitrogen and oxygen atoms in total. The Hall–Kier alpha value is -2.90. The summed E-state index contributed by atoms with van der Waals surface area (Å²) in [6.45, 7) is 3.76. The van der Waals surface area contributed by atoms with E-state index in [2.05, 4.69) is 5.32 Å². The van der Waals surface area contributed by atoms with Gasteiger partial charge in [0.05, 0.1) is 5.92 Å². The Morgan fingerprint density at radius 2 is 1.73 bits per heavy atom. The zero-order valence-electron chi connectivity index (χ0n) is 14.9. The van der Waals surface area contributed by atoms with Crippen LogP contribution in [0.1, 0.15) is 37.0 Å². The Morgan fingerprint density at radius 3 is 2.23 bits per heavy atom. The van der Waals surface area contributed by atoms with Crippen molar-refractivity contribution in [1.29, 1.82) is 0 Å². The number of nitrogens with one attached hydrogen (secondary N) is 1. The first kappa shape index (κ1) is 19.4. The molecule has 3 N–H and O–H groups in total. The molecule has 0 bridgehead atoms. The highest BCUT2D eigenvalue weighted by atomic mass is 16.5. The smallest absolute Gasteiger partial charge is 0.314 e. The maximum atomic E-state index is 12.2. The molecule has 3 amide bonds. The average molecular weight is 361 g/mol. The van der Waals surface area contributed by atoms with Crippen LogP contribution >= 0.6 is 0 Å². The second kappa shape index (κ2) is 8.46. The van der Waals surface area contributed by atoms with Crippen molar-refractivity contribution in [3.8, 4) is 0 Å². The SMILES string of the molecule is CC(=O)c1ccc(NC(=O)C(C)OC(=O)C2CCN(C(N)=O)CC2)cc1. The van der Waals surface area contributed by atoms with Crippen molar-refractivity contribution in [2.24, 2.45) is 11.7 Å². The minimum Gasteiger partial charge on any atom is -0.452 e. The molecule has 1 aliphatic rings. The number of likely N-dealkylation sites (tertiary alicyclic amines) is 1. The highest BCUT2D eigenvalue weighted by Crippen LogP contribution is 2.19. The van der Waals surface area contributed by atoms with E-state index >= 15 is 0 Å². The molecule has 1 atom stereocenters. The Morgan fingerprint density at radius 1 is 1.15 bits per heavy atom. The summed E-state index contributed by atoms with van der Waals surface area (Å²) >= 11 is 0. The molecule has 0 spiro atoms. The van der Waals surface area contributed by atoms with E-state index in [1.165, 1.54) is 18.7 Å². The van der Waals surface area contributed by atoms with Crippen molar-refractivity contribution in [2.45, 2.75) is 32.8 Å². The van der Waals surface area contributed by atoms with Crippen molar-refractivity contribution in [3.63, 3.8) is 0 Å². The van der Waals surface area contributed by atoms with E-state index in [1.807, 2.05) is 0 Å². The standard InChI is InChI=1S/C18H23N3O5/c1-11(22)13-3-5-15(6-4-13)20-16(23)12(2)26-17(24)14-7-9-21(10-8-14)18(19)25/h3-6,12,14H,7-10H2,1-2H3,(H2,19,25)(H,20,23). The second-order valence-electron chi connectivity index (χ2n) is 6.30. The van der Waals surface area contributed by atoms with Crippen LogP contribution in [0.2, 0.25) is 0 Å². The number of urea groups is 1. The molecule has 0 aromatic heterocycles. The summed E-state index contributed by atoms with van der Waals surface area (Å²) < 4.78 is 5.24.